The number of likely N-dealkylation sites (N-methyl/N-ethyl adjacent to an activating group) is 1. The van der Waals surface area contributed by atoms with Gasteiger partial charge in [0.1, 0.15) is 5.92 Å². The van der Waals surface area contributed by atoms with Crippen LogP contribution < -0.4 is 0 Å². The number of halogens is 1. The summed E-state index contributed by atoms with van der Waals surface area (Å²) < 4.78 is 4.93. The van der Waals surface area contributed by atoms with Crippen molar-refractivity contribution in [3.63, 3.8) is 0 Å². The lowest BCUT2D eigenvalue weighted by Gasteiger charge is -2.28. The third-order valence-corrected chi connectivity index (χ3v) is 5.40. The molecule has 1 aliphatic heterocycles. The minimum absolute atomic E-state index is 0. The van der Waals surface area contributed by atoms with E-state index >= 15 is 0 Å². The van der Waals surface area contributed by atoms with Gasteiger partial charge in [-0.2, -0.15) is 0 Å². The van der Waals surface area contributed by atoms with E-state index in [2.05, 4.69) is 17.0 Å². The Hall–Kier alpha value is -2.74. The maximum Gasteiger partial charge on any atom is 0.320 e. The van der Waals surface area contributed by atoms with Crippen LogP contribution in [0.4, 0.5) is 0 Å². The number of piperidine rings is 1. The van der Waals surface area contributed by atoms with Crippen molar-refractivity contribution < 1.29 is 24.2 Å². The van der Waals surface area contributed by atoms with Crippen molar-refractivity contribution in [2.24, 2.45) is 5.92 Å². The molecule has 2 aromatic rings. The average Bonchev–Trinajstić information content (AvgIpc) is 2.80. The van der Waals surface area contributed by atoms with Crippen LogP contribution in [0.15, 0.2) is 60.7 Å². The summed E-state index contributed by atoms with van der Waals surface area (Å²) >= 11 is 0. The first-order chi connectivity index (χ1) is 15.9. The van der Waals surface area contributed by atoms with E-state index in [0.29, 0.717) is 32.7 Å². The predicted octanol–water partition coefficient (Wildman–Crippen LogP) is 3.66. The summed E-state index contributed by atoms with van der Waals surface area (Å²) in [7, 11) is 0. The van der Waals surface area contributed by atoms with Gasteiger partial charge in [0, 0.05) is 19.6 Å². The molecule has 1 atom stereocenters. The Bertz CT molecular complexity index is 879. The number of hydrogen-bond donors (Lipinski definition) is 1. The number of hydrogen-bond acceptors (Lipinski definition) is 6. The average molecular weight is 491 g/mol. The van der Waals surface area contributed by atoms with Gasteiger partial charge in [0.25, 0.3) is 0 Å². The van der Waals surface area contributed by atoms with Gasteiger partial charge in [-0.1, -0.05) is 67.6 Å². The van der Waals surface area contributed by atoms with Crippen LogP contribution >= 0.6 is 12.4 Å². The van der Waals surface area contributed by atoms with Crippen LogP contribution in [-0.2, 0) is 32.2 Å². The summed E-state index contributed by atoms with van der Waals surface area (Å²) in [6.07, 6.45) is 0.418. The largest absolute Gasteiger partial charge is 0.481 e. The van der Waals surface area contributed by atoms with E-state index in [1.807, 2.05) is 67.3 Å². The molecule has 1 N–H and O–H groups in total. The predicted molar refractivity (Wildman–Crippen MR) is 134 cm³/mol. The number of Topliss-reactive ketones (excluding diaryl/α,β-unsaturated/α-hetero) is 1. The van der Waals surface area contributed by atoms with Crippen LogP contribution in [0.2, 0.25) is 0 Å². The molecule has 1 fully saturated rings. The second kappa shape index (κ2) is 16.0. The van der Waals surface area contributed by atoms with E-state index in [9.17, 15) is 14.4 Å². The Morgan fingerprint density at radius 3 is 2.12 bits per heavy atom. The molecule has 0 aliphatic carbocycles. The molecule has 0 amide bonds. The van der Waals surface area contributed by atoms with Gasteiger partial charge < -0.3 is 9.84 Å². The molecule has 0 bridgehead atoms. The fourth-order valence-corrected chi connectivity index (χ4v) is 3.63. The Morgan fingerprint density at radius 1 is 1.03 bits per heavy atom. The number of carbonyl (C=O) groups excluding carboxylic acids is 2. The Kier molecular flexibility index (Phi) is 13.8. The van der Waals surface area contributed by atoms with Gasteiger partial charge in [-0.25, -0.2) is 0 Å². The quantitative estimate of drug-likeness (QED) is 0.424. The fourth-order valence-electron chi connectivity index (χ4n) is 3.63. The number of carboxylic acids is 1. The molecular formula is C26H35ClN2O5. The molecule has 8 heteroatoms. The van der Waals surface area contributed by atoms with Crippen LogP contribution in [0.1, 0.15) is 31.4 Å². The van der Waals surface area contributed by atoms with Crippen molar-refractivity contribution in [2.75, 3.05) is 32.8 Å². The van der Waals surface area contributed by atoms with Crippen LogP contribution in [0, 0.1) is 5.92 Å². The fraction of sp³-hybridized carbons (Fsp3) is 0.423. The van der Waals surface area contributed by atoms with Crippen molar-refractivity contribution in [1.29, 1.82) is 0 Å². The number of ether oxygens (including phenoxy) is 1. The van der Waals surface area contributed by atoms with Crippen molar-refractivity contribution in [1.82, 2.24) is 9.80 Å². The van der Waals surface area contributed by atoms with Crippen molar-refractivity contribution in [2.45, 2.75) is 33.4 Å². The zero-order valence-corrected chi connectivity index (χ0v) is 20.7. The molecule has 0 saturated carbocycles. The first-order valence-electron chi connectivity index (χ1n) is 11.4. The van der Waals surface area contributed by atoms with Gasteiger partial charge >= 0.3 is 11.9 Å². The maximum atomic E-state index is 11.6. The highest BCUT2D eigenvalue weighted by molar-refractivity contribution is 5.99. The molecule has 1 saturated heterocycles. The number of ketones is 1. The highest BCUT2D eigenvalue weighted by Crippen LogP contribution is 2.16. The number of carboxylic acid groups (broad SMARTS) is 1. The minimum Gasteiger partial charge on any atom is -0.481 e. The summed E-state index contributed by atoms with van der Waals surface area (Å²) in [5, 5.41) is 8.85. The van der Waals surface area contributed by atoms with Gasteiger partial charge in [0.05, 0.1) is 19.7 Å². The Balaban J connectivity index is 0.000000331. The van der Waals surface area contributed by atoms with Crippen LogP contribution in [0.3, 0.4) is 0 Å². The number of esters is 1. The van der Waals surface area contributed by atoms with E-state index < -0.39 is 11.9 Å². The summed E-state index contributed by atoms with van der Waals surface area (Å²) in [5.41, 5.74) is 2.36. The second-order valence-corrected chi connectivity index (χ2v) is 7.94. The molecule has 34 heavy (non-hydrogen) atoms. The molecule has 7 nitrogen and oxygen atoms in total. The lowest BCUT2D eigenvalue weighted by molar-refractivity contribution is -0.149. The third-order valence-electron chi connectivity index (χ3n) is 5.40. The van der Waals surface area contributed by atoms with Crippen molar-refractivity contribution >= 4 is 30.1 Å². The normalized spacial score (nSPS) is 15.6. The lowest BCUT2D eigenvalue weighted by atomic mass is 9.95. The molecule has 1 aliphatic rings. The van der Waals surface area contributed by atoms with E-state index in [1.165, 1.54) is 5.56 Å². The summed E-state index contributed by atoms with van der Waals surface area (Å²) in [4.78, 5) is 37.8. The Labute approximate surface area is 208 Å². The minimum atomic E-state index is -0.991. The van der Waals surface area contributed by atoms with Crippen molar-refractivity contribution in [3.8, 4) is 0 Å². The Morgan fingerprint density at radius 2 is 1.62 bits per heavy atom. The van der Waals surface area contributed by atoms with Gasteiger partial charge in [-0.3, -0.25) is 24.2 Å². The zero-order valence-electron chi connectivity index (χ0n) is 19.9. The zero-order chi connectivity index (χ0) is 24.1. The van der Waals surface area contributed by atoms with Crippen LogP contribution in [0.5, 0.6) is 0 Å². The van der Waals surface area contributed by atoms with Gasteiger partial charge in [0.2, 0.25) is 0 Å². The van der Waals surface area contributed by atoms with Gasteiger partial charge in [-0.05, 0) is 31.0 Å². The number of likely N-dealkylation sites (tertiary alicyclic amines) is 1. The van der Waals surface area contributed by atoms with E-state index in [4.69, 9.17) is 9.84 Å². The van der Waals surface area contributed by atoms with E-state index in [1.54, 1.807) is 0 Å². The topological polar surface area (TPSA) is 87.2 Å². The number of aliphatic carboxylic acids is 1. The van der Waals surface area contributed by atoms with Crippen LogP contribution in [-0.4, -0.2) is 65.4 Å². The molecule has 1 heterocycles. The lowest BCUT2D eigenvalue weighted by Crippen LogP contribution is -2.43. The number of carbonyl (C=O) groups is 3. The van der Waals surface area contributed by atoms with Crippen molar-refractivity contribution in [3.05, 3.63) is 71.8 Å². The first-order valence-corrected chi connectivity index (χ1v) is 11.4. The molecule has 0 radical (unpaired) electrons. The number of nitrogens with zero attached hydrogens (tertiary/aromatic N) is 2. The highest BCUT2D eigenvalue weighted by Gasteiger charge is 2.32. The monoisotopic (exact) mass is 490 g/mol. The van der Waals surface area contributed by atoms with Gasteiger partial charge in [0.15, 0.2) is 5.78 Å². The second-order valence-electron chi connectivity index (χ2n) is 7.94. The standard InChI is InChI=1S/C13H15NO3.C13H19NO2.ClH/c15-12-9-14(7-6-11(12)13(16)17)8-10-4-2-1-3-5-10;1-3-14(11-13(15)16-4-2)10-12-8-6-5-7-9-12;/h1-5,11H,6-9H2,(H,16,17);5-9H,3-4,10-11H2,1-2H3;1H. The molecule has 186 valence electrons. The SMILES string of the molecule is CCOC(=O)CN(CC)Cc1ccccc1.Cl.O=C(O)C1CCN(Cc2ccccc2)CC1=O. The highest BCUT2D eigenvalue weighted by atomic mass is 35.5. The summed E-state index contributed by atoms with van der Waals surface area (Å²) in [6.45, 7) is 7.92. The van der Waals surface area contributed by atoms with E-state index in [0.717, 1.165) is 18.7 Å². The van der Waals surface area contributed by atoms with Crippen LogP contribution in [0.25, 0.3) is 0 Å². The number of rotatable bonds is 9. The summed E-state index contributed by atoms with van der Waals surface area (Å²) in [6, 6.07) is 20.0. The summed E-state index contributed by atoms with van der Waals surface area (Å²) in [5.74, 6) is -2.13. The molecule has 3 rings (SSSR count). The molecule has 2 aromatic carbocycles. The molecular weight excluding hydrogens is 456 g/mol. The molecule has 0 aromatic heterocycles. The molecule has 1 unspecified atom stereocenters. The maximum absolute atomic E-state index is 11.6. The van der Waals surface area contributed by atoms with Gasteiger partial charge in [-0.15, -0.1) is 12.4 Å². The number of benzene rings is 2. The third kappa shape index (κ3) is 10.5. The first kappa shape index (κ1) is 29.3. The smallest absolute Gasteiger partial charge is 0.320 e. The molecule has 0 spiro atoms. The van der Waals surface area contributed by atoms with E-state index in [-0.39, 0.29) is 30.7 Å².